The monoisotopic (exact) mass is 494 g/mol. The number of hydrogen-bond donors (Lipinski definition) is 0. The third-order valence-corrected chi connectivity index (χ3v) is 11.2. The lowest BCUT2D eigenvalue weighted by molar-refractivity contribution is -0.144. The topological polar surface area (TPSA) is 0 Å². The number of hydrogen-bond acceptors (Lipinski definition) is 1. The van der Waals surface area contributed by atoms with Crippen LogP contribution in [0.3, 0.4) is 0 Å². The third kappa shape index (κ3) is 2.46. The van der Waals surface area contributed by atoms with Crippen LogP contribution in [0, 0.1) is 22.2 Å². The van der Waals surface area contributed by atoms with Gasteiger partial charge in [-0.15, -0.1) is 11.3 Å². The quantitative estimate of drug-likeness (QED) is 0.368. The second kappa shape index (κ2) is 4.83. The summed E-state index contributed by atoms with van der Waals surface area (Å²) in [5, 5.41) is 0. The molecule has 0 nitrogen and oxygen atoms in total. The summed E-state index contributed by atoms with van der Waals surface area (Å²) in [6, 6.07) is 2.32. The van der Waals surface area contributed by atoms with Crippen molar-refractivity contribution in [3.63, 3.8) is 0 Å². The molecule has 1 heterocycles. The van der Waals surface area contributed by atoms with Crippen LogP contribution >= 0.6 is 59.1 Å². The van der Waals surface area contributed by atoms with Crippen LogP contribution < -0.4 is 0 Å². The standard InChI is InChI=1S/C17H21Br3S/c1-15-4-10-5-16(2,7-15)9-17(6-10,8-15)13(19)12-3-11(18)14(20)21-12/h3,10,13H,4-9H2,1-2H3. The molecule has 3 atom stereocenters. The maximum atomic E-state index is 4.14. The molecule has 0 spiro atoms. The summed E-state index contributed by atoms with van der Waals surface area (Å²) in [7, 11) is 0. The number of halogens is 3. The van der Waals surface area contributed by atoms with Crippen LogP contribution in [0.2, 0.25) is 0 Å². The molecule has 1 aromatic rings. The molecule has 1 aromatic heterocycles. The number of rotatable bonds is 2. The largest absolute Gasteiger partial charge is 0.131 e. The molecule has 0 amide bonds. The molecule has 4 aliphatic carbocycles. The van der Waals surface area contributed by atoms with Crippen molar-refractivity contribution in [3.05, 3.63) is 19.2 Å². The first kappa shape index (κ1) is 15.7. The highest BCUT2D eigenvalue weighted by atomic mass is 79.9. The first-order valence-electron chi connectivity index (χ1n) is 7.82. The van der Waals surface area contributed by atoms with E-state index in [9.17, 15) is 0 Å². The van der Waals surface area contributed by atoms with Crippen molar-refractivity contribution in [1.29, 1.82) is 0 Å². The maximum absolute atomic E-state index is 4.14. The highest BCUT2D eigenvalue weighted by Gasteiger charge is 2.62. The van der Waals surface area contributed by atoms with E-state index in [1.54, 1.807) is 0 Å². The van der Waals surface area contributed by atoms with E-state index in [4.69, 9.17) is 0 Å². The molecule has 4 aliphatic rings. The van der Waals surface area contributed by atoms with Crippen molar-refractivity contribution >= 4 is 59.1 Å². The van der Waals surface area contributed by atoms with Gasteiger partial charge in [0.25, 0.3) is 0 Å². The Morgan fingerprint density at radius 1 is 1.10 bits per heavy atom. The third-order valence-electron chi connectivity index (χ3n) is 6.12. The molecule has 0 radical (unpaired) electrons. The van der Waals surface area contributed by atoms with E-state index in [0.29, 0.717) is 21.1 Å². The second-order valence-electron chi connectivity index (χ2n) is 8.63. The number of alkyl halides is 1. The zero-order valence-electron chi connectivity index (χ0n) is 12.5. The second-order valence-corrected chi connectivity index (χ2v) is 12.8. The van der Waals surface area contributed by atoms with Gasteiger partial charge in [0.05, 0.1) is 8.61 Å². The molecule has 3 unspecified atom stereocenters. The van der Waals surface area contributed by atoms with Crippen molar-refractivity contribution in [2.24, 2.45) is 22.2 Å². The Kier molecular flexibility index (Phi) is 3.60. The fourth-order valence-corrected chi connectivity index (χ4v) is 9.74. The molecule has 4 saturated carbocycles. The van der Waals surface area contributed by atoms with E-state index in [1.165, 1.54) is 51.7 Å². The average molecular weight is 497 g/mol. The molecule has 21 heavy (non-hydrogen) atoms. The van der Waals surface area contributed by atoms with Crippen molar-refractivity contribution in [2.45, 2.75) is 57.2 Å². The van der Waals surface area contributed by atoms with Gasteiger partial charge in [-0.2, -0.15) is 0 Å². The lowest BCUT2D eigenvalue weighted by Crippen LogP contribution is -2.56. The Labute approximate surface area is 156 Å². The predicted octanol–water partition coefficient (Wildman–Crippen LogP) is 7.71. The fraction of sp³-hybridized carbons (Fsp3) is 0.765. The summed E-state index contributed by atoms with van der Waals surface area (Å²) < 4.78 is 2.43. The molecular formula is C17H21Br3S. The summed E-state index contributed by atoms with van der Waals surface area (Å²) in [5.74, 6) is 0.961. The van der Waals surface area contributed by atoms with Gasteiger partial charge in [0.1, 0.15) is 0 Å². The molecule has 4 bridgehead atoms. The minimum Gasteiger partial charge on any atom is -0.131 e. The first-order valence-corrected chi connectivity index (χ1v) is 11.1. The Morgan fingerprint density at radius 2 is 1.71 bits per heavy atom. The van der Waals surface area contributed by atoms with Gasteiger partial charge in [-0.1, -0.05) is 29.8 Å². The Bertz CT molecular complexity index is 555. The van der Waals surface area contributed by atoms with Gasteiger partial charge in [0.15, 0.2) is 0 Å². The summed E-state index contributed by atoms with van der Waals surface area (Å²) in [6.07, 6.45) is 8.66. The maximum Gasteiger partial charge on any atom is 0.0843 e. The summed E-state index contributed by atoms with van der Waals surface area (Å²) >= 11 is 13.4. The lowest BCUT2D eigenvalue weighted by Gasteiger charge is -2.66. The van der Waals surface area contributed by atoms with Gasteiger partial charge in [-0.05, 0) is 98.6 Å². The normalized spacial score (nSPS) is 46.0. The number of thiophene rings is 1. The predicted molar refractivity (Wildman–Crippen MR) is 101 cm³/mol. The smallest absolute Gasteiger partial charge is 0.0843 e. The van der Waals surface area contributed by atoms with E-state index in [2.05, 4.69) is 67.7 Å². The van der Waals surface area contributed by atoms with Gasteiger partial charge < -0.3 is 0 Å². The van der Waals surface area contributed by atoms with Gasteiger partial charge in [-0.3, -0.25) is 0 Å². The molecular weight excluding hydrogens is 476 g/mol. The van der Waals surface area contributed by atoms with Crippen molar-refractivity contribution in [2.75, 3.05) is 0 Å². The van der Waals surface area contributed by atoms with Gasteiger partial charge in [0.2, 0.25) is 0 Å². The highest BCUT2D eigenvalue weighted by Crippen LogP contribution is 2.73. The van der Waals surface area contributed by atoms with Gasteiger partial charge in [-0.25, -0.2) is 0 Å². The summed E-state index contributed by atoms with van der Waals surface area (Å²) in [5.41, 5.74) is 1.66. The SMILES string of the molecule is CC12CC3CC(C)(C1)CC(C(Br)c1cc(Br)c(Br)s1)(C3)C2. The molecule has 0 aliphatic heterocycles. The minimum atomic E-state index is 0.479. The zero-order valence-corrected chi connectivity index (χ0v) is 18.1. The van der Waals surface area contributed by atoms with Crippen LogP contribution in [0.4, 0.5) is 0 Å². The zero-order chi connectivity index (χ0) is 15.0. The average Bonchev–Trinajstić information content (AvgIpc) is 2.64. The van der Waals surface area contributed by atoms with Gasteiger partial charge >= 0.3 is 0 Å². The molecule has 4 heteroatoms. The molecule has 0 saturated heterocycles. The van der Waals surface area contributed by atoms with Crippen LogP contribution in [-0.4, -0.2) is 0 Å². The van der Waals surface area contributed by atoms with E-state index in [-0.39, 0.29) is 0 Å². The van der Waals surface area contributed by atoms with Crippen LogP contribution in [-0.2, 0) is 0 Å². The van der Waals surface area contributed by atoms with Gasteiger partial charge in [0, 0.05) is 9.35 Å². The van der Waals surface area contributed by atoms with Crippen LogP contribution in [0.25, 0.3) is 0 Å². The van der Waals surface area contributed by atoms with Crippen LogP contribution in [0.1, 0.15) is 62.1 Å². The van der Waals surface area contributed by atoms with E-state index < -0.39 is 0 Å². The summed E-state index contributed by atoms with van der Waals surface area (Å²) in [4.78, 5) is 2.00. The van der Waals surface area contributed by atoms with Crippen molar-refractivity contribution in [3.8, 4) is 0 Å². The molecule has 5 rings (SSSR count). The fourth-order valence-electron chi connectivity index (χ4n) is 6.61. The Hall–Kier alpha value is 1.14. The lowest BCUT2D eigenvalue weighted by atomic mass is 9.40. The van der Waals surface area contributed by atoms with E-state index in [1.807, 2.05) is 11.3 Å². The Morgan fingerprint density at radius 3 is 2.19 bits per heavy atom. The minimum absolute atomic E-state index is 0.479. The van der Waals surface area contributed by atoms with E-state index in [0.717, 1.165) is 5.92 Å². The molecule has 116 valence electrons. The molecule has 4 fully saturated rings. The van der Waals surface area contributed by atoms with Crippen molar-refractivity contribution in [1.82, 2.24) is 0 Å². The Balaban J connectivity index is 1.73. The van der Waals surface area contributed by atoms with Crippen LogP contribution in [0.5, 0.6) is 0 Å². The van der Waals surface area contributed by atoms with E-state index >= 15 is 0 Å². The summed E-state index contributed by atoms with van der Waals surface area (Å²) in [6.45, 7) is 5.12. The van der Waals surface area contributed by atoms with Crippen LogP contribution in [0.15, 0.2) is 14.3 Å². The molecule has 0 aromatic carbocycles. The first-order chi connectivity index (χ1) is 9.73. The van der Waals surface area contributed by atoms with Crippen molar-refractivity contribution < 1.29 is 0 Å². The highest BCUT2D eigenvalue weighted by molar-refractivity contribution is 9.13. The molecule has 0 N–H and O–H groups in total.